The third-order valence-electron chi connectivity index (χ3n) is 1.21. The summed E-state index contributed by atoms with van der Waals surface area (Å²) in [4.78, 5) is 11.0. The molecule has 0 aromatic heterocycles. The third kappa shape index (κ3) is 2.45. The number of aliphatic hydroxyl groups is 2. The molecule has 60 valence electrons. The Kier molecular flexibility index (Phi) is 2.99. The Bertz CT molecular complexity index is 123. The molecule has 3 heteroatoms. The van der Waals surface area contributed by atoms with E-state index < -0.39 is 18.1 Å². The minimum Gasteiger partial charge on any atom is -0.393 e. The lowest BCUT2D eigenvalue weighted by molar-refractivity contribution is -0.136. The second kappa shape index (κ2) is 3.12. The molecule has 0 aliphatic rings. The van der Waals surface area contributed by atoms with E-state index in [4.69, 9.17) is 10.2 Å². The van der Waals surface area contributed by atoms with Crippen molar-refractivity contribution >= 4 is 5.78 Å². The molecule has 1 atom stereocenters. The van der Waals surface area contributed by atoms with Gasteiger partial charge in [0.15, 0.2) is 5.78 Å². The van der Waals surface area contributed by atoms with Crippen molar-refractivity contribution in [3.05, 3.63) is 0 Å². The van der Waals surface area contributed by atoms with Crippen LogP contribution in [-0.4, -0.2) is 28.7 Å². The number of carbonyl (C=O) groups excluding carboxylic acids is 1. The SMILES string of the molecule is CC(C)(C)C(=O)[C@@H](O)CO. The molecule has 0 aliphatic carbocycles. The van der Waals surface area contributed by atoms with Crippen LogP contribution in [0.4, 0.5) is 0 Å². The van der Waals surface area contributed by atoms with E-state index in [-0.39, 0.29) is 5.78 Å². The Balaban J connectivity index is 4.09. The van der Waals surface area contributed by atoms with Gasteiger partial charge in [0, 0.05) is 5.41 Å². The zero-order chi connectivity index (χ0) is 8.36. The molecule has 0 aliphatic heterocycles. The smallest absolute Gasteiger partial charge is 0.168 e. The second-order valence-corrected chi connectivity index (χ2v) is 3.31. The molecule has 0 amide bonds. The maximum absolute atomic E-state index is 11.0. The van der Waals surface area contributed by atoms with Crippen LogP contribution in [0.15, 0.2) is 0 Å². The summed E-state index contributed by atoms with van der Waals surface area (Å²) in [7, 11) is 0. The molecule has 0 bridgehead atoms. The summed E-state index contributed by atoms with van der Waals surface area (Å²) < 4.78 is 0. The maximum Gasteiger partial charge on any atom is 0.168 e. The fourth-order valence-electron chi connectivity index (χ4n) is 0.583. The molecule has 0 aromatic carbocycles. The Morgan fingerprint density at radius 1 is 1.50 bits per heavy atom. The first-order valence-corrected chi connectivity index (χ1v) is 3.23. The van der Waals surface area contributed by atoms with Gasteiger partial charge in [-0.05, 0) is 0 Å². The standard InChI is InChI=1S/C7H14O3/c1-7(2,3)6(10)5(9)4-8/h5,8-9H,4H2,1-3H3/t5-/m0/s1. The van der Waals surface area contributed by atoms with Crippen LogP contribution in [0, 0.1) is 5.41 Å². The normalized spacial score (nSPS) is 14.9. The van der Waals surface area contributed by atoms with Crippen molar-refractivity contribution in [2.45, 2.75) is 26.9 Å². The van der Waals surface area contributed by atoms with Crippen LogP contribution in [0.25, 0.3) is 0 Å². The summed E-state index contributed by atoms with van der Waals surface area (Å²) in [5.74, 6) is -0.324. The molecular weight excluding hydrogens is 132 g/mol. The molecule has 3 nitrogen and oxygen atoms in total. The highest BCUT2D eigenvalue weighted by atomic mass is 16.3. The summed E-state index contributed by atoms with van der Waals surface area (Å²) in [5, 5.41) is 17.3. The van der Waals surface area contributed by atoms with Gasteiger partial charge in [0.25, 0.3) is 0 Å². The van der Waals surface area contributed by atoms with E-state index in [2.05, 4.69) is 0 Å². The van der Waals surface area contributed by atoms with Crippen molar-refractivity contribution in [2.24, 2.45) is 5.41 Å². The summed E-state index contributed by atoms with van der Waals surface area (Å²) in [6, 6.07) is 0. The van der Waals surface area contributed by atoms with Crippen molar-refractivity contribution in [2.75, 3.05) is 6.61 Å². The van der Waals surface area contributed by atoms with Gasteiger partial charge in [-0.3, -0.25) is 4.79 Å². The minimum absolute atomic E-state index is 0.324. The predicted octanol–water partition coefficient (Wildman–Crippen LogP) is -0.0452. The fraction of sp³-hybridized carbons (Fsp3) is 0.857. The van der Waals surface area contributed by atoms with Crippen molar-refractivity contribution in [1.82, 2.24) is 0 Å². The molecule has 0 spiro atoms. The van der Waals surface area contributed by atoms with E-state index in [0.29, 0.717) is 0 Å². The molecule has 2 N–H and O–H groups in total. The molecule has 0 unspecified atom stereocenters. The van der Waals surface area contributed by atoms with Crippen LogP contribution >= 0.6 is 0 Å². The molecular formula is C7H14O3. The van der Waals surface area contributed by atoms with E-state index in [0.717, 1.165) is 0 Å². The number of ketones is 1. The lowest BCUT2D eigenvalue weighted by atomic mass is 9.88. The van der Waals surface area contributed by atoms with Crippen LogP contribution in [0.1, 0.15) is 20.8 Å². The zero-order valence-electron chi connectivity index (χ0n) is 6.59. The van der Waals surface area contributed by atoms with E-state index in [1.807, 2.05) is 0 Å². The van der Waals surface area contributed by atoms with E-state index >= 15 is 0 Å². The van der Waals surface area contributed by atoms with Gasteiger partial charge >= 0.3 is 0 Å². The van der Waals surface area contributed by atoms with Crippen LogP contribution in [0.2, 0.25) is 0 Å². The maximum atomic E-state index is 11.0. The third-order valence-corrected chi connectivity index (χ3v) is 1.21. The predicted molar refractivity (Wildman–Crippen MR) is 37.6 cm³/mol. The monoisotopic (exact) mass is 146 g/mol. The number of Topliss-reactive ketones (excluding diaryl/α,β-unsaturated/α-hetero) is 1. The topological polar surface area (TPSA) is 57.5 Å². The average molecular weight is 146 g/mol. The summed E-state index contributed by atoms with van der Waals surface area (Å²) >= 11 is 0. The van der Waals surface area contributed by atoms with Gasteiger partial charge in [-0.25, -0.2) is 0 Å². The number of hydrogen-bond donors (Lipinski definition) is 2. The quantitative estimate of drug-likeness (QED) is 0.574. The van der Waals surface area contributed by atoms with Gasteiger partial charge in [0.05, 0.1) is 6.61 Å². The fourth-order valence-corrected chi connectivity index (χ4v) is 0.583. The average Bonchev–Trinajstić information content (AvgIpc) is 1.83. The van der Waals surface area contributed by atoms with Gasteiger partial charge in [-0.15, -0.1) is 0 Å². The van der Waals surface area contributed by atoms with Crippen molar-refractivity contribution in [3.8, 4) is 0 Å². The number of hydrogen-bond acceptors (Lipinski definition) is 3. The summed E-state index contributed by atoms with van der Waals surface area (Å²) in [6.07, 6.45) is -1.22. The van der Waals surface area contributed by atoms with Gasteiger partial charge < -0.3 is 10.2 Å². The molecule has 0 heterocycles. The van der Waals surface area contributed by atoms with Gasteiger partial charge in [0.1, 0.15) is 6.10 Å². The molecule has 0 saturated heterocycles. The van der Waals surface area contributed by atoms with E-state index in [9.17, 15) is 4.79 Å². The number of rotatable bonds is 2. The molecule has 0 aromatic rings. The molecule has 0 radical (unpaired) electrons. The first kappa shape index (κ1) is 9.59. The Hall–Kier alpha value is -0.410. The Morgan fingerprint density at radius 2 is 1.90 bits per heavy atom. The number of aliphatic hydroxyl groups excluding tert-OH is 2. The number of carbonyl (C=O) groups is 1. The molecule has 0 saturated carbocycles. The minimum atomic E-state index is -1.22. The van der Waals surface area contributed by atoms with Gasteiger partial charge in [-0.2, -0.15) is 0 Å². The van der Waals surface area contributed by atoms with Crippen molar-refractivity contribution in [1.29, 1.82) is 0 Å². The highest BCUT2D eigenvalue weighted by Crippen LogP contribution is 2.16. The summed E-state index contributed by atoms with van der Waals surface area (Å²) in [5.41, 5.74) is -0.567. The van der Waals surface area contributed by atoms with Crippen LogP contribution in [0.5, 0.6) is 0 Å². The van der Waals surface area contributed by atoms with Crippen molar-refractivity contribution in [3.63, 3.8) is 0 Å². The van der Waals surface area contributed by atoms with E-state index in [1.165, 1.54) is 0 Å². The largest absolute Gasteiger partial charge is 0.393 e. The highest BCUT2D eigenvalue weighted by Gasteiger charge is 2.27. The lowest BCUT2D eigenvalue weighted by Gasteiger charge is -2.19. The van der Waals surface area contributed by atoms with Crippen LogP contribution < -0.4 is 0 Å². The Morgan fingerprint density at radius 3 is 2.00 bits per heavy atom. The second-order valence-electron chi connectivity index (χ2n) is 3.31. The first-order valence-electron chi connectivity index (χ1n) is 3.23. The highest BCUT2D eigenvalue weighted by molar-refractivity contribution is 5.87. The van der Waals surface area contributed by atoms with E-state index in [1.54, 1.807) is 20.8 Å². The molecule has 0 rings (SSSR count). The van der Waals surface area contributed by atoms with Crippen LogP contribution in [0.3, 0.4) is 0 Å². The lowest BCUT2D eigenvalue weighted by Crippen LogP contribution is -2.34. The zero-order valence-corrected chi connectivity index (χ0v) is 6.59. The van der Waals surface area contributed by atoms with Crippen LogP contribution in [-0.2, 0) is 4.79 Å². The summed E-state index contributed by atoms with van der Waals surface area (Å²) in [6.45, 7) is 4.62. The van der Waals surface area contributed by atoms with Crippen molar-refractivity contribution < 1.29 is 15.0 Å². The molecule has 10 heavy (non-hydrogen) atoms. The van der Waals surface area contributed by atoms with Gasteiger partial charge in [0.2, 0.25) is 0 Å². The Labute approximate surface area is 60.7 Å². The molecule has 0 fully saturated rings. The first-order chi connectivity index (χ1) is 4.39. The van der Waals surface area contributed by atoms with Gasteiger partial charge in [-0.1, -0.05) is 20.8 Å².